The number of carbonyl (C=O) groups is 1. The molecule has 62 valence electrons. The van der Waals surface area contributed by atoms with Crippen molar-refractivity contribution in [1.29, 1.82) is 0 Å². The highest BCUT2D eigenvalue weighted by molar-refractivity contribution is 9.10. The summed E-state index contributed by atoms with van der Waals surface area (Å²) in [5.74, 6) is 0.949. The fourth-order valence-corrected chi connectivity index (χ4v) is 1.46. The first-order valence-electron chi connectivity index (χ1n) is 3.32. The fourth-order valence-electron chi connectivity index (χ4n) is 0.616. The molecule has 1 aliphatic heterocycles. The summed E-state index contributed by atoms with van der Waals surface area (Å²) in [4.78, 5) is 15.0. The first kappa shape index (κ1) is 9.06. The van der Waals surface area contributed by atoms with Crippen LogP contribution in [0, 0.1) is 0 Å². The summed E-state index contributed by atoms with van der Waals surface area (Å²) in [7, 11) is 0. The first-order valence-corrected chi connectivity index (χ1v) is 5.22. The van der Waals surface area contributed by atoms with E-state index < -0.39 is 0 Å². The van der Waals surface area contributed by atoms with Crippen molar-refractivity contribution < 1.29 is 4.79 Å². The van der Waals surface area contributed by atoms with Crippen LogP contribution in [0.1, 0.15) is 6.92 Å². The maximum absolute atomic E-state index is 11.0. The quantitative estimate of drug-likeness (QED) is 0.691. The normalized spacial score (nSPS) is 19.3. The summed E-state index contributed by atoms with van der Waals surface area (Å²) in [5.41, 5.74) is 0. The van der Waals surface area contributed by atoms with Crippen molar-refractivity contribution in [3.8, 4) is 0 Å². The number of hydrogen-bond acceptors (Lipinski definition) is 3. The van der Waals surface area contributed by atoms with Crippen LogP contribution in [0.2, 0.25) is 0 Å². The Morgan fingerprint density at radius 2 is 2.64 bits per heavy atom. The number of rotatable bonds is 1. The summed E-state index contributed by atoms with van der Waals surface area (Å²) in [6.45, 7) is 2.60. The molecule has 1 atom stereocenters. The number of amidine groups is 1. The molecular formula is C6H9BrN2OS. The summed E-state index contributed by atoms with van der Waals surface area (Å²) in [6, 6.07) is 0. The molecule has 1 N–H and O–H groups in total. The molecule has 1 aliphatic rings. The van der Waals surface area contributed by atoms with E-state index in [2.05, 4.69) is 26.2 Å². The van der Waals surface area contributed by atoms with Crippen molar-refractivity contribution in [3.05, 3.63) is 0 Å². The molecule has 1 unspecified atom stereocenters. The van der Waals surface area contributed by atoms with E-state index >= 15 is 0 Å². The van der Waals surface area contributed by atoms with Gasteiger partial charge in [-0.3, -0.25) is 9.79 Å². The largest absolute Gasteiger partial charge is 0.304 e. The zero-order chi connectivity index (χ0) is 8.27. The lowest BCUT2D eigenvalue weighted by Crippen LogP contribution is -2.32. The maximum Gasteiger partial charge on any atom is 0.239 e. The zero-order valence-corrected chi connectivity index (χ0v) is 8.54. The Morgan fingerprint density at radius 1 is 1.91 bits per heavy atom. The van der Waals surface area contributed by atoms with Crippen molar-refractivity contribution in [2.45, 2.75) is 11.8 Å². The molecule has 11 heavy (non-hydrogen) atoms. The Bertz CT molecular complexity index is 193. The van der Waals surface area contributed by atoms with E-state index in [0.717, 1.165) is 17.5 Å². The number of hydrogen-bond donors (Lipinski definition) is 1. The number of carbonyl (C=O) groups excluding carboxylic acids is 1. The van der Waals surface area contributed by atoms with Gasteiger partial charge in [-0.2, -0.15) is 0 Å². The predicted molar refractivity (Wildman–Crippen MR) is 51.3 cm³/mol. The fraction of sp³-hybridized carbons (Fsp3) is 0.667. The third-order valence-corrected chi connectivity index (χ3v) is 2.48. The van der Waals surface area contributed by atoms with Crippen LogP contribution in [0.5, 0.6) is 0 Å². The highest BCUT2D eigenvalue weighted by Gasteiger charge is 2.13. The molecule has 3 nitrogen and oxygen atoms in total. The van der Waals surface area contributed by atoms with Gasteiger partial charge in [0.25, 0.3) is 0 Å². The van der Waals surface area contributed by atoms with Crippen LogP contribution in [-0.2, 0) is 4.79 Å². The van der Waals surface area contributed by atoms with Gasteiger partial charge in [0.2, 0.25) is 5.91 Å². The Morgan fingerprint density at radius 3 is 3.09 bits per heavy atom. The molecule has 0 bridgehead atoms. The number of aliphatic imine (C=N–C) groups is 1. The first-order chi connectivity index (χ1) is 5.20. The lowest BCUT2D eigenvalue weighted by atomic mass is 10.5. The zero-order valence-electron chi connectivity index (χ0n) is 6.13. The van der Waals surface area contributed by atoms with Crippen LogP contribution in [0.4, 0.5) is 0 Å². The second kappa shape index (κ2) is 4.11. The topological polar surface area (TPSA) is 41.5 Å². The Kier molecular flexibility index (Phi) is 3.39. The number of nitrogens with zero attached hydrogens (tertiary/aromatic N) is 1. The second-order valence-corrected chi connectivity index (χ2v) is 4.60. The van der Waals surface area contributed by atoms with Gasteiger partial charge in [-0.25, -0.2) is 0 Å². The van der Waals surface area contributed by atoms with Gasteiger partial charge >= 0.3 is 0 Å². The average Bonchev–Trinajstić information content (AvgIpc) is 2.39. The highest BCUT2D eigenvalue weighted by Crippen LogP contribution is 2.09. The molecule has 0 aliphatic carbocycles. The molecule has 0 aromatic rings. The molecule has 1 heterocycles. The second-order valence-electron chi connectivity index (χ2n) is 2.14. The number of nitrogens with one attached hydrogen (secondary N) is 1. The molecule has 0 aromatic heterocycles. The number of amides is 1. The highest BCUT2D eigenvalue weighted by atomic mass is 79.9. The molecule has 5 heteroatoms. The van der Waals surface area contributed by atoms with Crippen LogP contribution in [-0.4, -0.2) is 28.2 Å². The lowest BCUT2D eigenvalue weighted by molar-refractivity contribution is -0.118. The van der Waals surface area contributed by atoms with Crippen molar-refractivity contribution in [1.82, 2.24) is 5.32 Å². The van der Waals surface area contributed by atoms with Crippen LogP contribution < -0.4 is 5.32 Å². The third kappa shape index (κ3) is 2.83. The third-order valence-electron chi connectivity index (χ3n) is 1.18. The number of thioether (sulfide) groups is 1. The summed E-state index contributed by atoms with van der Waals surface area (Å²) in [6.07, 6.45) is 0. The van der Waals surface area contributed by atoms with E-state index in [-0.39, 0.29) is 10.7 Å². The van der Waals surface area contributed by atoms with E-state index in [9.17, 15) is 4.79 Å². The minimum Gasteiger partial charge on any atom is -0.304 e. The summed E-state index contributed by atoms with van der Waals surface area (Å²) < 4.78 is 0. The smallest absolute Gasteiger partial charge is 0.239 e. The van der Waals surface area contributed by atoms with Crippen LogP contribution >= 0.6 is 27.7 Å². The van der Waals surface area contributed by atoms with Crippen molar-refractivity contribution in [2.24, 2.45) is 4.99 Å². The van der Waals surface area contributed by atoms with Crippen molar-refractivity contribution >= 4 is 38.8 Å². The molecule has 0 fully saturated rings. The van der Waals surface area contributed by atoms with Gasteiger partial charge in [0.1, 0.15) is 0 Å². The Labute approximate surface area is 78.2 Å². The molecule has 1 amide bonds. The van der Waals surface area contributed by atoms with Gasteiger partial charge in [-0.1, -0.05) is 27.7 Å². The summed E-state index contributed by atoms with van der Waals surface area (Å²) >= 11 is 4.76. The SMILES string of the molecule is CC(Br)C(=O)NC1=NCCS1. The van der Waals surface area contributed by atoms with Crippen LogP contribution in [0.3, 0.4) is 0 Å². The van der Waals surface area contributed by atoms with Gasteiger partial charge < -0.3 is 5.32 Å². The van der Waals surface area contributed by atoms with E-state index in [0.29, 0.717) is 0 Å². The Balaban J connectivity index is 2.35. The van der Waals surface area contributed by atoms with Gasteiger partial charge in [0, 0.05) is 5.75 Å². The molecular weight excluding hydrogens is 228 g/mol. The van der Waals surface area contributed by atoms with Crippen LogP contribution in [0.15, 0.2) is 4.99 Å². The van der Waals surface area contributed by atoms with Gasteiger partial charge in [0.05, 0.1) is 11.4 Å². The summed E-state index contributed by atoms with van der Waals surface area (Å²) in [5, 5.41) is 3.46. The van der Waals surface area contributed by atoms with E-state index in [1.807, 2.05) is 0 Å². The maximum atomic E-state index is 11.0. The molecule has 0 aromatic carbocycles. The van der Waals surface area contributed by atoms with Crippen molar-refractivity contribution in [3.63, 3.8) is 0 Å². The minimum atomic E-state index is -0.147. The lowest BCUT2D eigenvalue weighted by Gasteiger charge is -2.03. The predicted octanol–water partition coefficient (Wildman–Crippen LogP) is 0.989. The monoisotopic (exact) mass is 236 g/mol. The minimum absolute atomic E-state index is 0.0295. The van der Waals surface area contributed by atoms with Gasteiger partial charge in [-0.05, 0) is 6.92 Å². The van der Waals surface area contributed by atoms with Crippen molar-refractivity contribution in [2.75, 3.05) is 12.3 Å². The van der Waals surface area contributed by atoms with E-state index in [1.165, 1.54) is 0 Å². The number of halogens is 1. The number of alkyl halides is 1. The van der Waals surface area contributed by atoms with Gasteiger partial charge in [-0.15, -0.1) is 0 Å². The molecule has 0 saturated carbocycles. The van der Waals surface area contributed by atoms with Crippen LogP contribution in [0.25, 0.3) is 0 Å². The molecule has 0 spiro atoms. The Hall–Kier alpha value is -0.0300. The molecule has 0 saturated heterocycles. The molecule has 1 rings (SSSR count). The molecule has 0 radical (unpaired) electrons. The van der Waals surface area contributed by atoms with E-state index in [1.54, 1.807) is 18.7 Å². The van der Waals surface area contributed by atoms with Gasteiger partial charge in [0.15, 0.2) is 5.17 Å². The average molecular weight is 237 g/mol. The van der Waals surface area contributed by atoms with E-state index in [4.69, 9.17) is 0 Å². The standard InChI is InChI=1S/C6H9BrN2OS/c1-4(7)5(10)9-6-8-2-3-11-6/h4H,2-3H2,1H3,(H,8,9,10).